The fraction of sp³-hybridized carbons (Fsp3) is 0.0769. The van der Waals surface area contributed by atoms with E-state index >= 15 is 0 Å². The van der Waals surface area contributed by atoms with Crippen molar-refractivity contribution < 1.29 is 0 Å². The van der Waals surface area contributed by atoms with E-state index in [9.17, 15) is 0 Å². The van der Waals surface area contributed by atoms with Gasteiger partial charge in [-0.3, -0.25) is 0 Å². The number of benzene rings is 4. The third kappa shape index (κ3) is 2.46. The maximum absolute atomic E-state index is 6.35. The summed E-state index contributed by atoms with van der Waals surface area (Å²) in [5, 5.41) is 3.36. The van der Waals surface area contributed by atoms with Crippen LogP contribution >= 0.6 is 33.0 Å². The Hall–Kier alpha value is -2.26. The number of fused-ring (bicyclic) bond motifs is 6. The maximum atomic E-state index is 6.35. The summed E-state index contributed by atoms with van der Waals surface area (Å²) in [5.74, 6) is 0. The van der Waals surface area contributed by atoms with Crippen LogP contribution < -0.4 is 0 Å². The molecule has 3 heteroatoms. The standard InChI is InChI=1S/C26H19ClS2/c1-29(2)24-9-4-3-6-19(24)20-12-10-16(14-25(20)29)18-7-5-8-23-26(18)21-15-17(27)11-13-22(21)28-23/h3-15H,1-2H3. The Balaban J connectivity index is 1.64. The lowest BCUT2D eigenvalue weighted by atomic mass is 9.97. The van der Waals surface area contributed by atoms with Gasteiger partial charge in [0.05, 0.1) is 0 Å². The second-order valence-electron chi connectivity index (χ2n) is 7.96. The first-order valence-corrected chi connectivity index (χ1v) is 13.3. The molecule has 1 aromatic heterocycles. The molecule has 0 aliphatic carbocycles. The number of thiophene rings is 1. The van der Waals surface area contributed by atoms with Gasteiger partial charge in [-0.25, -0.2) is 0 Å². The summed E-state index contributed by atoms with van der Waals surface area (Å²) in [4.78, 5) is 2.99. The van der Waals surface area contributed by atoms with E-state index in [1.165, 1.54) is 52.2 Å². The topological polar surface area (TPSA) is 0 Å². The Morgan fingerprint density at radius 1 is 0.690 bits per heavy atom. The first-order valence-electron chi connectivity index (χ1n) is 9.62. The second kappa shape index (κ2) is 6.12. The minimum atomic E-state index is -1.00. The molecule has 0 atom stereocenters. The molecule has 0 saturated heterocycles. The van der Waals surface area contributed by atoms with E-state index in [2.05, 4.69) is 85.3 Å². The summed E-state index contributed by atoms with van der Waals surface area (Å²) >= 11 is 8.19. The molecule has 0 fully saturated rings. The fourth-order valence-electron chi connectivity index (χ4n) is 4.63. The number of rotatable bonds is 1. The van der Waals surface area contributed by atoms with E-state index < -0.39 is 10.0 Å². The quantitative estimate of drug-likeness (QED) is 0.249. The molecule has 0 nitrogen and oxygen atoms in total. The molecule has 0 radical (unpaired) electrons. The van der Waals surface area contributed by atoms with Gasteiger partial charge in [-0.1, -0.05) is 54.1 Å². The molecular formula is C26H19ClS2. The molecule has 0 spiro atoms. The van der Waals surface area contributed by atoms with Gasteiger partial charge in [0, 0.05) is 35.0 Å². The molecule has 1 aliphatic heterocycles. The molecule has 142 valence electrons. The van der Waals surface area contributed by atoms with E-state index in [4.69, 9.17) is 11.6 Å². The van der Waals surface area contributed by atoms with Gasteiger partial charge in [0.1, 0.15) is 0 Å². The number of hydrogen-bond donors (Lipinski definition) is 0. The van der Waals surface area contributed by atoms with Crippen LogP contribution in [0.25, 0.3) is 42.4 Å². The Morgan fingerprint density at radius 2 is 1.48 bits per heavy atom. The SMILES string of the molecule is CS1(C)c2ccccc2-c2ccc(-c3cccc4sc5ccc(Cl)cc5c34)cc21. The van der Waals surface area contributed by atoms with Gasteiger partial charge >= 0.3 is 0 Å². The monoisotopic (exact) mass is 430 g/mol. The van der Waals surface area contributed by atoms with E-state index in [1.54, 1.807) is 0 Å². The molecule has 0 saturated carbocycles. The highest BCUT2D eigenvalue weighted by Crippen LogP contribution is 2.67. The van der Waals surface area contributed by atoms with E-state index in [0.717, 1.165) is 5.02 Å². The Labute approximate surface area is 181 Å². The van der Waals surface area contributed by atoms with Crippen LogP contribution in [0.1, 0.15) is 0 Å². The number of hydrogen-bond acceptors (Lipinski definition) is 1. The molecule has 1 aliphatic rings. The summed E-state index contributed by atoms with van der Waals surface area (Å²) in [6.07, 6.45) is 4.84. The van der Waals surface area contributed by atoms with Gasteiger partial charge in [-0.2, -0.15) is 10.0 Å². The lowest BCUT2D eigenvalue weighted by molar-refractivity contribution is 1.45. The lowest BCUT2D eigenvalue weighted by Crippen LogP contribution is -1.93. The van der Waals surface area contributed by atoms with Crippen molar-refractivity contribution in [3.8, 4) is 22.3 Å². The molecule has 5 aromatic rings. The Morgan fingerprint density at radius 3 is 2.38 bits per heavy atom. The van der Waals surface area contributed by atoms with Gasteiger partial charge in [0.15, 0.2) is 0 Å². The zero-order chi connectivity index (χ0) is 19.8. The van der Waals surface area contributed by atoms with Crippen LogP contribution in [-0.4, -0.2) is 12.5 Å². The maximum Gasteiger partial charge on any atom is 0.0413 e. The molecule has 0 bridgehead atoms. The zero-order valence-corrected chi connectivity index (χ0v) is 18.6. The minimum absolute atomic E-state index is 0.794. The summed E-state index contributed by atoms with van der Waals surface area (Å²) in [6, 6.07) is 28.8. The van der Waals surface area contributed by atoms with Gasteiger partial charge in [0.25, 0.3) is 0 Å². The minimum Gasteiger partial charge on any atom is -0.192 e. The average Bonchev–Trinajstić information content (AvgIpc) is 3.21. The van der Waals surface area contributed by atoms with E-state index in [0.29, 0.717) is 0 Å². The third-order valence-electron chi connectivity index (χ3n) is 6.03. The zero-order valence-electron chi connectivity index (χ0n) is 16.2. The van der Waals surface area contributed by atoms with Gasteiger partial charge in [-0.15, -0.1) is 11.3 Å². The third-order valence-corrected chi connectivity index (χ3v) is 10.3. The lowest BCUT2D eigenvalue weighted by Gasteiger charge is -2.28. The van der Waals surface area contributed by atoms with Crippen molar-refractivity contribution in [1.82, 2.24) is 0 Å². The summed E-state index contributed by atoms with van der Waals surface area (Å²) in [6.45, 7) is 0. The first-order chi connectivity index (χ1) is 14.0. The molecule has 29 heavy (non-hydrogen) atoms. The summed E-state index contributed by atoms with van der Waals surface area (Å²) < 4.78 is 2.60. The molecule has 0 unspecified atom stereocenters. The molecule has 4 aromatic carbocycles. The molecule has 0 amide bonds. The van der Waals surface area contributed by atoms with Crippen LogP contribution in [0, 0.1) is 0 Å². The van der Waals surface area contributed by atoms with Crippen molar-refractivity contribution in [3.63, 3.8) is 0 Å². The molecule has 0 N–H and O–H groups in total. The predicted octanol–water partition coefficient (Wildman–Crippen LogP) is 8.84. The summed E-state index contributed by atoms with van der Waals surface area (Å²) in [7, 11) is -1.00. The molecular weight excluding hydrogens is 412 g/mol. The second-order valence-corrected chi connectivity index (χ2v) is 13.0. The highest BCUT2D eigenvalue weighted by Gasteiger charge is 2.31. The van der Waals surface area contributed by atoms with Gasteiger partial charge in [-0.05, 0) is 71.2 Å². The van der Waals surface area contributed by atoms with Crippen molar-refractivity contribution in [2.75, 3.05) is 12.5 Å². The van der Waals surface area contributed by atoms with Crippen molar-refractivity contribution in [2.24, 2.45) is 0 Å². The normalized spacial score (nSPS) is 15.4. The van der Waals surface area contributed by atoms with Crippen LogP contribution in [-0.2, 0) is 0 Å². The smallest absolute Gasteiger partial charge is 0.0413 e. The van der Waals surface area contributed by atoms with Crippen LogP contribution in [0.15, 0.2) is 88.7 Å². The Kier molecular flexibility index (Phi) is 3.71. The first kappa shape index (κ1) is 17.6. The van der Waals surface area contributed by atoms with Gasteiger partial charge in [0.2, 0.25) is 0 Å². The molecule has 2 heterocycles. The van der Waals surface area contributed by atoms with E-state index in [-0.39, 0.29) is 0 Å². The van der Waals surface area contributed by atoms with Crippen molar-refractivity contribution >= 4 is 53.1 Å². The highest BCUT2D eigenvalue weighted by molar-refractivity contribution is 8.33. The van der Waals surface area contributed by atoms with E-state index in [1.807, 2.05) is 17.4 Å². The summed E-state index contributed by atoms with van der Waals surface area (Å²) in [5.41, 5.74) is 5.39. The number of halogens is 1. The highest BCUT2D eigenvalue weighted by atomic mass is 35.5. The predicted molar refractivity (Wildman–Crippen MR) is 131 cm³/mol. The van der Waals surface area contributed by atoms with Crippen LogP contribution in [0.3, 0.4) is 0 Å². The van der Waals surface area contributed by atoms with Crippen LogP contribution in [0.2, 0.25) is 5.02 Å². The Bertz CT molecular complexity index is 1440. The van der Waals surface area contributed by atoms with Crippen molar-refractivity contribution in [2.45, 2.75) is 9.79 Å². The van der Waals surface area contributed by atoms with Crippen LogP contribution in [0.5, 0.6) is 0 Å². The average molecular weight is 431 g/mol. The van der Waals surface area contributed by atoms with Crippen LogP contribution in [0.4, 0.5) is 0 Å². The van der Waals surface area contributed by atoms with Crippen molar-refractivity contribution in [3.05, 3.63) is 83.9 Å². The van der Waals surface area contributed by atoms with Crippen molar-refractivity contribution in [1.29, 1.82) is 0 Å². The fourth-order valence-corrected chi connectivity index (χ4v) is 8.44. The molecule has 6 rings (SSSR count). The largest absolute Gasteiger partial charge is 0.192 e. The van der Waals surface area contributed by atoms with Gasteiger partial charge < -0.3 is 0 Å².